The number of fused-ring (bicyclic) bond motifs is 2. The molecule has 76 heavy (non-hydrogen) atoms. The van der Waals surface area contributed by atoms with Gasteiger partial charge in [-0.3, -0.25) is 47.4 Å². The first kappa shape index (κ1) is 57.4. The maximum Gasteiger partial charge on any atom is 0.569 e. The molecule has 8 aromatic heterocycles. The molecule has 0 saturated heterocycles. The molecular formula is C48H45BBrCl2N14O8S2. The number of halogens is 3. The fourth-order valence-electron chi connectivity index (χ4n) is 6.68. The molecule has 0 unspecified atom stereocenters. The van der Waals surface area contributed by atoms with E-state index in [1.165, 1.54) is 59.1 Å². The van der Waals surface area contributed by atoms with Gasteiger partial charge in [-0.15, -0.1) is 22.7 Å². The third-order valence-electron chi connectivity index (χ3n) is 10.4. The number of aromatic nitrogens is 12. The molecule has 0 aliphatic heterocycles. The topological polar surface area (TPSA) is 263 Å². The van der Waals surface area contributed by atoms with Crippen LogP contribution in [0.25, 0.3) is 32.9 Å². The summed E-state index contributed by atoms with van der Waals surface area (Å²) in [5, 5.41) is 19.5. The number of pyridine rings is 2. The summed E-state index contributed by atoms with van der Waals surface area (Å²) >= 11 is 17.7. The smallest absolute Gasteiger partial charge is 0.537 e. The monoisotopic (exact) mass is 1170 g/mol. The highest BCUT2D eigenvalue weighted by atomic mass is 79.9. The van der Waals surface area contributed by atoms with Gasteiger partial charge in [-0.1, -0.05) is 47.5 Å². The third kappa shape index (κ3) is 15.4. The van der Waals surface area contributed by atoms with E-state index >= 15 is 0 Å². The van der Waals surface area contributed by atoms with Gasteiger partial charge in [0.1, 0.15) is 23.8 Å². The molecule has 0 bridgehead atoms. The molecule has 0 aliphatic rings. The average molecular weight is 1170 g/mol. The number of carbonyl (C=O) groups excluding carboxylic acids is 2. The van der Waals surface area contributed by atoms with E-state index in [-0.39, 0.29) is 60.3 Å². The van der Waals surface area contributed by atoms with Crippen LogP contribution in [0.2, 0.25) is 10.0 Å². The summed E-state index contributed by atoms with van der Waals surface area (Å²) in [7, 11) is 6.73. The maximum absolute atomic E-state index is 12.8. The molecule has 391 valence electrons. The van der Waals surface area contributed by atoms with Gasteiger partial charge in [0.2, 0.25) is 11.8 Å². The van der Waals surface area contributed by atoms with Gasteiger partial charge in [-0.05, 0) is 76.6 Å². The number of hydrogen-bond acceptors (Lipinski definition) is 16. The number of amides is 2. The standard InChI is InChI=1S/2C15H16N6O3.C9H6ClNS.C6H5BClO2.C3H2BrNS/c2*1-16-11(22)8-20-9-18-13-12(20)14(23)21(15(24)19(13)2)7-10-5-3-4-6-17-10;10-8-3-1-7(2-4-8)9-11-5-6-12-9;8-5-1-3-6(4-2-5)10-7-9;4-3-5-1-2-6-3/h2*3-6,9H,7-8H2,1-2H3,(H,16,22);1-6H;1-4,9H;1-2H. The van der Waals surface area contributed by atoms with Gasteiger partial charge < -0.3 is 29.4 Å². The first-order valence-electron chi connectivity index (χ1n) is 22.2. The summed E-state index contributed by atoms with van der Waals surface area (Å²) in [4.78, 5) is 98.2. The Morgan fingerprint density at radius 3 is 1.46 bits per heavy atom. The number of carbonyl (C=O) groups is 2. The molecule has 0 spiro atoms. The molecule has 0 fully saturated rings. The molecule has 28 heteroatoms. The lowest BCUT2D eigenvalue weighted by Gasteiger charge is -2.09. The van der Waals surface area contributed by atoms with Crippen LogP contribution in [0.5, 0.6) is 5.75 Å². The second kappa shape index (κ2) is 28.1. The molecule has 3 N–H and O–H groups in total. The predicted octanol–water partition coefficient (Wildman–Crippen LogP) is 4.79. The normalized spacial score (nSPS) is 10.4. The predicted molar refractivity (Wildman–Crippen MR) is 296 cm³/mol. The van der Waals surface area contributed by atoms with E-state index in [1.807, 2.05) is 35.0 Å². The molecular weight excluding hydrogens is 1130 g/mol. The maximum atomic E-state index is 12.8. The number of imidazole rings is 2. The Morgan fingerprint density at radius 1 is 0.632 bits per heavy atom. The van der Waals surface area contributed by atoms with Crippen LogP contribution in [0.1, 0.15) is 11.4 Å². The Hall–Kier alpha value is -7.88. The van der Waals surface area contributed by atoms with E-state index in [4.69, 9.17) is 28.2 Å². The van der Waals surface area contributed by atoms with Crippen molar-refractivity contribution < 1.29 is 19.3 Å². The number of likely N-dealkylation sites (N-methyl/N-ethyl adjacent to an activating group) is 2. The summed E-state index contributed by atoms with van der Waals surface area (Å²) in [5.74, 6) is 0.0320. The third-order valence-corrected chi connectivity index (χ3v) is 13.1. The van der Waals surface area contributed by atoms with Crippen molar-refractivity contribution >= 4 is 104 Å². The zero-order valence-corrected chi connectivity index (χ0v) is 45.5. The van der Waals surface area contributed by atoms with Crippen LogP contribution in [-0.4, -0.2) is 95.9 Å². The molecule has 1 radical (unpaired) electrons. The van der Waals surface area contributed by atoms with Crippen LogP contribution in [0.4, 0.5) is 0 Å². The van der Waals surface area contributed by atoms with Crippen LogP contribution in [-0.2, 0) is 49.9 Å². The second-order valence-corrected chi connectivity index (χ2v) is 19.3. The van der Waals surface area contributed by atoms with Crippen LogP contribution >= 0.6 is 61.8 Å². The van der Waals surface area contributed by atoms with Crippen LogP contribution in [0.15, 0.2) is 156 Å². The molecule has 0 saturated carbocycles. The highest BCUT2D eigenvalue weighted by Gasteiger charge is 2.19. The fraction of sp³-hybridized carbons (Fsp3) is 0.167. The summed E-state index contributed by atoms with van der Waals surface area (Å²) in [6.07, 6.45) is 9.51. The van der Waals surface area contributed by atoms with Crippen molar-refractivity contribution in [3.63, 3.8) is 0 Å². The Labute approximate surface area is 459 Å². The first-order chi connectivity index (χ1) is 36.6. The van der Waals surface area contributed by atoms with Crippen LogP contribution in [0.3, 0.4) is 0 Å². The number of benzene rings is 2. The van der Waals surface area contributed by atoms with Gasteiger partial charge in [0, 0.05) is 79.3 Å². The number of hydrogen-bond donors (Lipinski definition) is 3. The molecule has 2 amide bonds. The van der Waals surface area contributed by atoms with E-state index in [0.29, 0.717) is 29.8 Å². The Kier molecular flexibility index (Phi) is 21.3. The Morgan fingerprint density at radius 2 is 1.09 bits per heavy atom. The molecule has 10 aromatic rings. The van der Waals surface area contributed by atoms with Gasteiger partial charge in [0.25, 0.3) is 11.1 Å². The van der Waals surface area contributed by atoms with Crippen LogP contribution in [0, 0.1) is 0 Å². The minimum Gasteiger partial charge on any atom is -0.537 e. The largest absolute Gasteiger partial charge is 0.569 e. The van der Waals surface area contributed by atoms with Crippen molar-refractivity contribution in [3.05, 3.63) is 200 Å². The van der Waals surface area contributed by atoms with Crippen LogP contribution < -0.4 is 37.8 Å². The highest BCUT2D eigenvalue weighted by Crippen LogP contribution is 2.23. The van der Waals surface area contributed by atoms with Gasteiger partial charge in [0.05, 0.1) is 37.1 Å². The summed E-state index contributed by atoms with van der Waals surface area (Å²) in [6.45, 7) is -0.00502. The van der Waals surface area contributed by atoms with Gasteiger partial charge >= 0.3 is 19.1 Å². The number of rotatable bonds is 11. The first-order valence-corrected chi connectivity index (χ1v) is 25.5. The van der Waals surface area contributed by atoms with E-state index in [9.17, 15) is 28.8 Å². The molecule has 10 rings (SSSR count). The molecule has 2 aromatic carbocycles. The lowest BCUT2D eigenvalue weighted by atomic mass is 10.2. The van der Waals surface area contributed by atoms with Crippen molar-refractivity contribution in [2.24, 2.45) is 14.1 Å². The van der Waals surface area contributed by atoms with E-state index in [0.717, 1.165) is 28.6 Å². The number of nitrogens with one attached hydrogen (secondary N) is 2. The highest BCUT2D eigenvalue weighted by molar-refractivity contribution is 9.11. The minimum absolute atomic E-state index is 0.0490. The summed E-state index contributed by atoms with van der Waals surface area (Å²) in [6, 6.07) is 24.9. The quantitative estimate of drug-likeness (QED) is 0.147. The molecule has 0 aliphatic carbocycles. The zero-order valence-electron chi connectivity index (χ0n) is 40.7. The average Bonchev–Trinajstić information content (AvgIpc) is 4.31. The Balaban J connectivity index is 0.000000167. The number of nitrogens with zero attached hydrogens (tertiary/aromatic N) is 12. The van der Waals surface area contributed by atoms with Crippen molar-refractivity contribution in [3.8, 4) is 16.3 Å². The lowest BCUT2D eigenvalue weighted by Crippen LogP contribution is -2.40. The van der Waals surface area contributed by atoms with Crippen molar-refractivity contribution in [2.45, 2.75) is 26.2 Å². The number of aryl methyl sites for hydroxylation is 2. The minimum atomic E-state index is -0.500. The summed E-state index contributed by atoms with van der Waals surface area (Å²) in [5.41, 5.74) is 1.23. The van der Waals surface area contributed by atoms with Gasteiger partial charge in [-0.2, -0.15) is 0 Å². The summed E-state index contributed by atoms with van der Waals surface area (Å²) < 4.78 is 13.2. The fourth-order valence-corrected chi connectivity index (χ4v) is 8.37. The lowest BCUT2D eigenvalue weighted by molar-refractivity contribution is -0.121. The van der Waals surface area contributed by atoms with Crippen molar-refractivity contribution in [1.29, 1.82) is 0 Å². The van der Waals surface area contributed by atoms with E-state index in [1.54, 1.807) is 108 Å². The van der Waals surface area contributed by atoms with Crippen molar-refractivity contribution in [1.82, 2.24) is 67.9 Å². The Bertz CT molecular complexity index is 3560. The van der Waals surface area contributed by atoms with Gasteiger partial charge in [0.15, 0.2) is 26.2 Å². The number of thiazole rings is 2. The molecule has 8 heterocycles. The van der Waals surface area contributed by atoms with Gasteiger partial charge in [-0.25, -0.2) is 29.5 Å². The second-order valence-electron chi connectivity index (χ2n) is 15.4. The zero-order chi connectivity index (χ0) is 54.7. The SMILES string of the molecule is Brc1nccs1.CNC(=O)Cn1cnc2c1c(=O)n(Cc1ccccn1)c(=O)n2C.CNC(=O)Cn1cnc2c1c(=O)n(Cc1ccccn1)c(=O)n2C.Clc1ccc(-c2nccs2)cc1.O[B]Oc1ccc(Cl)cc1. The van der Waals surface area contributed by atoms with Crippen molar-refractivity contribution in [2.75, 3.05) is 14.1 Å². The van der Waals surface area contributed by atoms with E-state index in [2.05, 4.69) is 61.1 Å². The van der Waals surface area contributed by atoms with E-state index < -0.39 is 22.5 Å². The molecule has 0 atom stereocenters. The molecule has 22 nitrogen and oxygen atoms in total.